The summed E-state index contributed by atoms with van der Waals surface area (Å²) >= 11 is 5.85. The SMILES string of the molecule is Nc1ccc(Cl)c(S(=O)(=O)NCC2CC(O)C2)c1. The average molecular weight is 291 g/mol. The Morgan fingerprint density at radius 1 is 1.44 bits per heavy atom. The fourth-order valence-corrected chi connectivity index (χ4v) is 3.55. The Balaban J connectivity index is 2.08. The average Bonchev–Trinajstić information content (AvgIpc) is 2.26. The maximum atomic E-state index is 12.0. The van der Waals surface area contributed by atoms with Gasteiger partial charge in [-0.05, 0) is 37.0 Å². The molecule has 1 saturated carbocycles. The number of nitrogens with one attached hydrogen (secondary N) is 1. The molecule has 1 aromatic rings. The Labute approximate surface area is 111 Å². The molecule has 5 nitrogen and oxygen atoms in total. The summed E-state index contributed by atoms with van der Waals surface area (Å²) in [6.07, 6.45) is 0.968. The van der Waals surface area contributed by atoms with Gasteiger partial charge in [0.1, 0.15) is 4.90 Å². The van der Waals surface area contributed by atoms with E-state index in [1.165, 1.54) is 12.1 Å². The highest BCUT2D eigenvalue weighted by molar-refractivity contribution is 7.89. The van der Waals surface area contributed by atoms with Crippen LogP contribution in [-0.2, 0) is 10.0 Å². The minimum absolute atomic E-state index is 0.0101. The van der Waals surface area contributed by atoms with Gasteiger partial charge in [-0.2, -0.15) is 0 Å². The molecule has 18 heavy (non-hydrogen) atoms. The van der Waals surface area contributed by atoms with Crippen molar-refractivity contribution >= 4 is 27.3 Å². The number of sulfonamides is 1. The first-order valence-electron chi connectivity index (χ1n) is 5.61. The molecule has 0 heterocycles. The lowest BCUT2D eigenvalue weighted by Crippen LogP contribution is -2.38. The molecule has 0 radical (unpaired) electrons. The van der Waals surface area contributed by atoms with Crippen LogP contribution in [0.1, 0.15) is 12.8 Å². The van der Waals surface area contributed by atoms with Crippen LogP contribution < -0.4 is 10.5 Å². The van der Waals surface area contributed by atoms with Crippen LogP contribution in [0.25, 0.3) is 0 Å². The Bertz CT molecular complexity index is 541. The molecule has 1 aromatic carbocycles. The zero-order valence-electron chi connectivity index (χ0n) is 9.64. The van der Waals surface area contributed by atoms with Gasteiger partial charge in [0, 0.05) is 12.2 Å². The molecule has 4 N–H and O–H groups in total. The van der Waals surface area contributed by atoms with Gasteiger partial charge >= 0.3 is 0 Å². The Morgan fingerprint density at radius 2 is 2.11 bits per heavy atom. The van der Waals surface area contributed by atoms with Gasteiger partial charge in [0.15, 0.2) is 0 Å². The number of benzene rings is 1. The van der Waals surface area contributed by atoms with E-state index >= 15 is 0 Å². The van der Waals surface area contributed by atoms with Gasteiger partial charge in [-0.3, -0.25) is 0 Å². The number of halogens is 1. The van der Waals surface area contributed by atoms with Crippen LogP contribution in [0.5, 0.6) is 0 Å². The highest BCUT2D eigenvalue weighted by Gasteiger charge is 2.29. The van der Waals surface area contributed by atoms with Crippen LogP contribution in [0.2, 0.25) is 5.02 Å². The van der Waals surface area contributed by atoms with Crippen molar-refractivity contribution < 1.29 is 13.5 Å². The quantitative estimate of drug-likeness (QED) is 0.721. The predicted octanol–water partition coefficient (Wildman–Crippen LogP) is 0.971. The van der Waals surface area contributed by atoms with Gasteiger partial charge in [0.05, 0.1) is 11.1 Å². The maximum absolute atomic E-state index is 12.0. The van der Waals surface area contributed by atoms with E-state index in [-0.39, 0.29) is 21.9 Å². The lowest BCUT2D eigenvalue weighted by molar-refractivity contribution is 0.0453. The van der Waals surface area contributed by atoms with Crippen LogP contribution in [0.4, 0.5) is 5.69 Å². The van der Waals surface area contributed by atoms with E-state index in [2.05, 4.69) is 4.72 Å². The molecule has 0 saturated heterocycles. The maximum Gasteiger partial charge on any atom is 0.242 e. The lowest BCUT2D eigenvalue weighted by atomic mass is 9.83. The van der Waals surface area contributed by atoms with E-state index in [9.17, 15) is 8.42 Å². The zero-order chi connectivity index (χ0) is 13.3. The largest absolute Gasteiger partial charge is 0.399 e. The minimum Gasteiger partial charge on any atom is -0.399 e. The normalized spacial score (nSPS) is 23.7. The monoisotopic (exact) mass is 290 g/mol. The third-order valence-corrected chi connectivity index (χ3v) is 4.92. The topological polar surface area (TPSA) is 92.4 Å². The number of hydrogen-bond donors (Lipinski definition) is 3. The molecule has 0 bridgehead atoms. The van der Waals surface area contributed by atoms with Crippen molar-refractivity contribution in [2.24, 2.45) is 5.92 Å². The highest BCUT2D eigenvalue weighted by atomic mass is 35.5. The fourth-order valence-electron chi connectivity index (χ4n) is 1.90. The van der Waals surface area contributed by atoms with E-state index < -0.39 is 10.0 Å². The third kappa shape index (κ3) is 2.95. The second-order valence-corrected chi connectivity index (χ2v) is 6.68. The third-order valence-electron chi connectivity index (χ3n) is 3.02. The van der Waals surface area contributed by atoms with E-state index in [0.29, 0.717) is 25.1 Å². The van der Waals surface area contributed by atoms with Gasteiger partial charge in [-0.1, -0.05) is 11.6 Å². The van der Waals surface area contributed by atoms with Crippen molar-refractivity contribution in [3.05, 3.63) is 23.2 Å². The van der Waals surface area contributed by atoms with E-state index in [0.717, 1.165) is 0 Å². The summed E-state index contributed by atoms with van der Waals surface area (Å²) in [7, 11) is -3.65. The minimum atomic E-state index is -3.65. The number of anilines is 1. The van der Waals surface area contributed by atoms with Crippen molar-refractivity contribution in [2.75, 3.05) is 12.3 Å². The molecule has 0 aromatic heterocycles. The van der Waals surface area contributed by atoms with Gasteiger partial charge in [-0.15, -0.1) is 0 Å². The first-order chi connectivity index (χ1) is 8.38. The van der Waals surface area contributed by atoms with E-state index in [1.807, 2.05) is 0 Å². The summed E-state index contributed by atoms with van der Waals surface area (Å²) < 4.78 is 26.5. The molecule has 7 heteroatoms. The predicted molar refractivity (Wildman–Crippen MR) is 69.8 cm³/mol. The first-order valence-corrected chi connectivity index (χ1v) is 7.47. The molecule has 0 unspecified atom stereocenters. The second-order valence-electron chi connectivity index (χ2n) is 4.53. The fraction of sp³-hybridized carbons (Fsp3) is 0.455. The van der Waals surface area contributed by atoms with Gasteiger partial charge in [-0.25, -0.2) is 13.1 Å². The molecule has 1 aliphatic carbocycles. The van der Waals surface area contributed by atoms with Crippen LogP contribution in [0, 0.1) is 5.92 Å². The van der Waals surface area contributed by atoms with E-state index in [1.54, 1.807) is 6.07 Å². The standard InChI is InChI=1S/C11H15ClN2O3S/c12-10-2-1-8(13)5-11(10)18(16,17)14-6-7-3-9(15)4-7/h1-2,5,7,9,14-15H,3-4,6,13H2. The number of nitrogen functional groups attached to an aromatic ring is 1. The van der Waals surface area contributed by atoms with Crippen molar-refractivity contribution in [3.63, 3.8) is 0 Å². The number of hydrogen-bond acceptors (Lipinski definition) is 4. The Kier molecular flexibility index (Phi) is 3.82. The van der Waals surface area contributed by atoms with Crippen LogP contribution >= 0.6 is 11.6 Å². The molecule has 100 valence electrons. The first kappa shape index (κ1) is 13.6. The Hall–Kier alpha value is -0.820. The molecule has 0 aliphatic heterocycles. The summed E-state index contributed by atoms with van der Waals surface area (Å²) in [5.74, 6) is 0.189. The van der Waals surface area contributed by atoms with Crippen LogP contribution in [-0.4, -0.2) is 26.2 Å². The number of aliphatic hydroxyl groups excluding tert-OH is 1. The highest BCUT2D eigenvalue weighted by Crippen LogP contribution is 2.28. The Morgan fingerprint density at radius 3 is 2.72 bits per heavy atom. The number of aliphatic hydroxyl groups is 1. The molecular formula is C11H15ClN2O3S. The second kappa shape index (κ2) is 5.05. The lowest BCUT2D eigenvalue weighted by Gasteiger charge is -2.31. The van der Waals surface area contributed by atoms with Crippen LogP contribution in [0.15, 0.2) is 23.1 Å². The summed E-state index contributed by atoms with van der Waals surface area (Å²) in [6.45, 7) is 0.310. The van der Waals surface area contributed by atoms with E-state index in [4.69, 9.17) is 22.4 Å². The van der Waals surface area contributed by atoms with Gasteiger partial charge in [0.2, 0.25) is 10.0 Å². The summed E-state index contributed by atoms with van der Waals surface area (Å²) in [6, 6.07) is 4.34. The number of rotatable bonds is 4. The molecule has 0 spiro atoms. The molecule has 1 aliphatic rings. The molecule has 2 rings (SSSR count). The molecule has 0 atom stereocenters. The van der Waals surface area contributed by atoms with Crippen molar-refractivity contribution in [2.45, 2.75) is 23.8 Å². The van der Waals surface area contributed by atoms with Crippen molar-refractivity contribution in [3.8, 4) is 0 Å². The van der Waals surface area contributed by atoms with Gasteiger partial charge < -0.3 is 10.8 Å². The van der Waals surface area contributed by atoms with Crippen LogP contribution in [0.3, 0.4) is 0 Å². The zero-order valence-corrected chi connectivity index (χ0v) is 11.2. The summed E-state index contributed by atoms with van der Waals surface area (Å²) in [5.41, 5.74) is 5.90. The smallest absolute Gasteiger partial charge is 0.242 e. The molecule has 1 fully saturated rings. The molecule has 0 amide bonds. The van der Waals surface area contributed by atoms with Gasteiger partial charge in [0.25, 0.3) is 0 Å². The summed E-state index contributed by atoms with van der Waals surface area (Å²) in [5, 5.41) is 9.27. The van der Waals surface area contributed by atoms with Crippen molar-refractivity contribution in [1.29, 1.82) is 0 Å². The summed E-state index contributed by atoms with van der Waals surface area (Å²) in [4.78, 5) is -0.0101. The molecular weight excluding hydrogens is 276 g/mol. The number of nitrogens with two attached hydrogens (primary N) is 1. The van der Waals surface area contributed by atoms with Crippen molar-refractivity contribution in [1.82, 2.24) is 4.72 Å².